The lowest BCUT2D eigenvalue weighted by Gasteiger charge is -2.23. The van der Waals surface area contributed by atoms with Crippen molar-refractivity contribution < 1.29 is 4.79 Å². The van der Waals surface area contributed by atoms with Crippen LogP contribution in [0.2, 0.25) is 5.02 Å². The number of likely N-dealkylation sites (N-methyl/N-ethyl adjacent to an activating group) is 1. The molecule has 1 atom stereocenters. The minimum absolute atomic E-state index is 0.0265. The van der Waals surface area contributed by atoms with Crippen molar-refractivity contribution in [3.05, 3.63) is 70.7 Å². The Balaban J connectivity index is 2.08. The number of rotatable bonds is 5. The van der Waals surface area contributed by atoms with Crippen molar-refractivity contribution in [1.82, 2.24) is 4.90 Å². The fourth-order valence-electron chi connectivity index (χ4n) is 2.27. The minimum Gasteiger partial charge on any atom is -0.341 e. The van der Waals surface area contributed by atoms with Gasteiger partial charge in [0.1, 0.15) is 0 Å². The molecule has 1 amide bonds. The van der Waals surface area contributed by atoms with Crippen LogP contribution in [0, 0.1) is 0 Å². The molecule has 0 aliphatic heterocycles. The first-order chi connectivity index (χ1) is 10.1. The molecule has 4 heteroatoms. The summed E-state index contributed by atoms with van der Waals surface area (Å²) < 4.78 is 0. The summed E-state index contributed by atoms with van der Waals surface area (Å²) in [7, 11) is 1.79. The van der Waals surface area contributed by atoms with E-state index < -0.39 is 0 Å². The zero-order valence-electron chi connectivity index (χ0n) is 12.0. The third-order valence-corrected chi connectivity index (χ3v) is 3.70. The highest BCUT2D eigenvalue weighted by molar-refractivity contribution is 6.30. The lowest BCUT2D eigenvalue weighted by Crippen LogP contribution is -2.34. The van der Waals surface area contributed by atoms with Gasteiger partial charge in [-0.2, -0.15) is 0 Å². The Labute approximate surface area is 130 Å². The molecular weight excluding hydrogens is 284 g/mol. The fraction of sp³-hybridized carbons (Fsp3) is 0.235. The Bertz CT molecular complexity index is 583. The second-order valence-corrected chi connectivity index (χ2v) is 5.46. The van der Waals surface area contributed by atoms with E-state index in [4.69, 9.17) is 17.3 Å². The van der Waals surface area contributed by atoms with Gasteiger partial charge in [-0.05, 0) is 23.3 Å². The molecule has 0 radical (unpaired) electrons. The zero-order valence-corrected chi connectivity index (χ0v) is 12.8. The molecule has 0 bridgehead atoms. The van der Waals surface area contributed by atoms with Crippen molar-refractivity contribution in [3.8, 4) is 0 Å². The van der Waals surface area contributed by atoms with E-state index in [1.165, 1.54) is 0 Å². The summed E-state index contributed by atoms with van der Waals surface area (Å²) in [4.78, 5) is 14.3. The van der Waals surface area contributed by atoms with Crippen LogP contribution in [-0.2, 0) is 11.3 Å². The molecule has 2 N–H and O–H groups in total. The lowest BCUT2D eigenvalue weighted by molar-refractivity contribution is -0.131. The summed E-state index contributed by atoms with van der Waals surface area (Å²) in [5, 5.41) is 0.692. The van der Waals surface area contributed by atoms with Crippen LogP contribution >= 0.6 is 11.6 Å². The summed E-state index contributed by atoms with van der Waals surface area (Å²) in [6.45, 7) is 0.840. The van der Waals surface area contributed by atoms with E-state index in [2.05, 4.69) is 0 Å². The Hall–Kier alpha value is -1.84. The van der Waals surface area contributed by atoms with E-state index in [0.29, 0.717) is 18.1 Å². The van der Waals surface area contributed by atoms with Crippen molar-refractivity contribution in [1.29, 1.82) is 0 Å². The largest absolute Gasteiger partial charge is 0.341 e. The van der Waals surface area contributed by atoms with Crippen molar-refractivity contribution in [2.75, 3.05) is 13.6 Å². The maximum absolute atomic E-state index is 12.6. The molecule has 1 unspecified atom stereocenters. The summed E-state index contributed by atoms with van der Waals surface area (Å²) in [6, 6.07) is 17.1. The number of nitrogens with zero attached hydrogens (tertiary/aromatic N) is 1. The molecule has 0 aliphatic rings. The number of hydrogen-bond acceptors (Lipinski definition) is 2. The van der Waals surface area contributed by atoms with Gasteiger partial charge >= 0.3 is 0 Å². The van der Waals surface area contributed by atoms with Gasteiger partial charge in [0.25, 0.3) is 0 Å². The van der Waals surface area contributed by atoms with Crippen molar-refractivity contribution in [2.45, 2.75) is 12.5 Å². The van der Waals surface area contributed by atoms with Gasteiger partial charge in [-0.15, -0.1) is 0 Å². The van der Waals surface area contributed by atoms with Crippen LogP contribution in [0.1, 0.15) is 17.0 Å². The summed E-state index contributed by atoms with van der Waals surface area (Å²) >= 11 is 5.87. The molecule has 0 saturated heterocycles. The van der Waals surface area contributed by atoms with Gasteiger partial charge < -0.3 is 10.6 Å². The van der Waals surface area contributed by atoms with Gasteiger partial charge in [-0.1, -0.05) is 54.1 Å². The third kappa shape index (κ3) is 4.06. The van der Waals surface area contributed by atoms with Gasteiger partial charge in [0.05, 0.1) is 5.92 Å². The number of halogens is 1. The smallest absolute Gasteiger partial charge is 0.231 e. The number of benzene rings is 2. The summed E-state index contributed by atoms with van der Waals surface area (Å²) in [6.07, 6.45) is 0. The first-order valence-electron chi connectivity index (χ1n) is 6.86. The zero-order chi connectivity index (χ0) is 15.2. The number of carbonyl (C=O) groups is 1. The maximum Gasteiger partial charge on any atom is 0.231 e. The monoisotopic (exact) mass is 302 g/mol. The summed E-state index contributed by atoms with van der Waals surface area (Å²) in [5.41, 5.74) is 7.78. The lowest BCUT2D eigenvalue weighted by atomic mass is 9.97. The summed E-state index contributed by atoms with van der Waals surface area (Å²) in [5.74, 6) is -0.276. The Kier molecular flexibility index (Phi) is 5.37. The molecular formula is C17H19ClN2O. The van der Waals surface area contributed by atoms with Crippen LogP contribution in [0.3, 0.4) is 0 Å². The van der Waals surface area contributed by atoms with Crippen molar-refractivity contribution in [3.63, 3.8) is 0 Å². The molecule has 0 fully saturated rings. The molecule has 0 spiro atoms. The van der Waals surface area contributed by atoms with Crippen molar-refractivity contribution >= 4 is 17.5 Å². The van der Waals surface area contributed by atoms with Gasteiger partial charge in [-0.25, -0.2) is 0 Å². The van der Waals surface area contributed by atoms with Gasteiger partial charge in [0.15, 0.2) is 0 Å². The van der Waals surface area contributed by atoms with Crippen LogP contribution in [0.25, 0.3) is 0 Å². The minimum atomic E-state index is -0.302. The number of carbonyl (C=O) groups excluding carboxylic acids is 1. The number of amides is 1. The quantitative estimate of drug-likeness (QED) is 0.923. The number of nitrogens with two attached hydrogens (primary N) is 1. The van der Waals surface area contributed by atoms with Gasteiger partial charge in [0.2, 0.25) is 5.91 Å². The van der Waals surface area contributed by atoms with Crippen LogP contribution < -0.4 is 5.73 Å². The van der Waals surface area contributed by atoms with Crippen LogP contribution in [0.4, 0.5) is 0 Å². The first kappa shape index (κ1) is 15.5. The second kappa shape index (κ2) is 7.25. The standard InChI is InChI=1S/C17H19ClN2O/c1-20(12-13-7-9-15(18)10-8-13)17(21)16(11-19)14-5-3-2-4-6-14/h2-10,16H,11-12,19H2,1H3. The van der Waals surface area contributed by atoms with E-state index in [1.807, 2.05) is 54.6 Å². The molecule has 2 rings (SSSR count). The highest BCUT2D eigenvalue weighted by atomic mass is 35.5. The van der Waals surface area contributed by atoms with Crippen LogP contribution in [0.15, 0.2) is 54.6 Å². The highest BCUT2D eigenvalue weighted by Gasteiger charge is 2.22. The van der Waals surface area contributed by atoms with Crippen LogP contribution in [-0.4, -0.2) is 24.4 Å². The SMILES string of the molecule is CN(Cc1ccc(Cl)cc1)C(=O)C(CN)c1ccccc1. The van der Waals surface area contributed by atoms with E-state index in [9.17, 15) is 4.79 Å². The molecule has 2 aromatic carbocycles. The normalized spacial score (nSPS) is 12.0. The topological polar surface area (TPSA) is 46.3 Å². The predicted octanol–water partition coefficient (Wildman–Crippen LogP) is 3.04. The average molecular weight is 303 g/mol. The first-order valence-corrected chi connectivity index (χ1v) is 7.24. The Morgan fingerprint density at radius 2 is 1.76 bits per heavy atom. The van der Waals surface area contributed by atoms with E-state index in [-0.39, 0.29) is 11.8 Å². The van der Waals surface area contributed by atoms with Gasteiger partial charge in [-0.3, -0.25) is 4.79 Å². The van der Waals surface area contributed by atoms with Crippen molar-refractivity contribution in [2.24, 2.45) is 5.73 Å². The Morgan fingerprint density at radius 3 is 2.33 bits per heavy atom. The van der Waals surface area contributed by atoms with E-state index in [1.54, 1.807) is 11.9 Å². The molecule has 110 valence electrons. The highest BCUT2D eigenvalue weighted by Crippen LogP contribution is 2.18. The molecule has 21 heavy (non-hydrogen) atoms. The molecule has 3 nitrogen and oxygen atoms in total. The van der Waals surface area contributed by atoms with E-state index in [0.717, 1.165) is 11.1 Å². The molecule has 0 aliphatic carbocycles. The Morgan fingerprint density at radius 1 is 1.14 bits per heavy atom. The molecule has 2 aromatic rings. The molecule has 0 saturated carbocycles. The average Bonchev–Trinajstić information content (AvgIpc) is 2.51. The van der Waals surface area contributed by atoms with Gasteiger partial charge in [0, 0.05) is 25.2 Å². The third-order valence-electron chi connectivity index (χ3n) is 3.44. The molecule has 0 aromatic heterocycles. The van der Waals surface area contributed by atoms with E-state index >= 15 is 0 Å². The number of hydrogen-bond donors (Lipinski definition) is 1. The molecule has 0 heterocycles. The fourth-order valence-corrected chi connectivity index (χ4v) is 2.40. The van der Waals surface area contributed by atoms with Crippen LogP contribution in [0.5, 0.6) is 0 Å². The maximum atomic E-state index is 12.6. The predicted molar refractivity (Wildman–Crippen MR) is 86.2 cm³/mol. The second-order valence-electron chi connectivity index (χ2n) is 5.02.